The first-order valence-electron chi connectivity index (χ1n) is 6.35. The van der Waals surface area contributed by atoms with E-state index in [1.807, 2.05) is 0 Å². The summed E-state index contributed by atoms with van der Waals surface area (Å²) in [6, 6.07) is 6.41. The maximum absolute atomic E-state index is 10.6. The molecule has 1 unspecified atom stereocenters. The lowest BCUT2D eigenvalue weighted by molar-refractivity contribution is -0.384. The first-order valence-corrected chi connectivity index (χ1v) is 8.09. The van der Waals surface area contributed by atoms with Crippen LogP contribution < -0.4 is 0 Å². The summed E-state index contributed by atoms with van der Waals surface area (Å²) >= 11 is 0. The van der Waals surface area contributed by atoms with Crippen molar-refractivity contribution in [3.8, 4) is 0 Å². The second-order valence-corrected chi connectivity index (χ2v) is 7.17. The molecule has 1 aliphatic heterocycles. The number of aliphatic hydroxyl groups excluding tert-OH is 3. The molecule has 4 atom stereocenters. The zero-order valence-corrected chi connectivity index (χ0v) is 11.7. The first-order chi connectivity index (χ1) is 9.51. The monoisotopic (exact) mass is 300 g/mol. The summed E-state index contributed by atoms with van der Waals surface area (Å²) in [5, 5.41) is 39.1. The van der Waals surface area contributed by atoms with Crippen molar-refractivity contribution >= 4 is 16.6 Å². The quantitative estimate of drug-likeness (QED) is 0.405. The maximum Gasteiger partial charge on any atom is 0.269 e. The predicted molar refractivity (Wildman–Crippen MR) is 76.5 cm³/mol. The minimum atomic E-state index is -0.876. The molecule has 1 heterocycles. The molecule has 0 bridgehead atoms. The Morgan fingerprint density at radius 1 is 1.35 bits per heavy atom. The fraction of sp³-hybridized carbons (Fsp3) is 0.538. The average Bonchev–Trinajstić information content (AvgIpc) is 2.79. The van der Waals surface area contributed by atoms with E-state index in [9.17, 15) is 20.3 Å². The van der Waals surface area contributed by atoms with Crippen LogP contribution in [0.3, 0.4) is 0 Å². The largest absolute Gasteiger partial charge is 0.394 e. The molecule has 1 saturated heterocycles. The molecular formula is C13H18NO5S+. The summed E-state index contributed by atoms with van der Waals surface area (Å²) in [7, 11) is -0.0689. The van der Waals surface area contributed by atoms with Gasteiger partial charge < -0.3 is 15.3 Å². The molecule has 1 aliphatic rings. The van der Waals surface area contributed by atoms with E-state index in [2.05, 4.69) is 0 Å². The number of nitro benzene ring substituents is 1. The van der Waals surface area contributed by atoms with E-state index in [1.165, 1.54) is 12.1 Å². The van der Waals surface area contributed by atoms with Gasteiger partial charge in [0.05, 0.1) is 23.6 Å². The van der Waals surface area contributed by atoms with Gasteiger partial charge in [-0.2, -0.15) is 0 Å². The highest BCUT2D eigenvalue weighted by Gasteiger charge is 2.43. The van der Waals surface area contributed by atoms with E-state index in [0.717, 1.165) is 11.3 Å². The number of non-ortho nitro benzene ring substituents is 1. The minimum Gasteiger partial charge on any atom is -0.394 e. The van der Waals surface area contributed by atoms with Crippen LogP contribution >= 0.6 is 0 Å². The van der Waals surface area contributed by atoms with Gasteiger partial charge in [0.15, 0.2) is 0 Å². The Labute approximate surface area is 119 Å². The smallest absolute Gasteiger partial charge is 0.269 e. The van der Waals surface area contributed by atoms with Crippen LogP contribution in [0.4, 0.5) is 5.69 Å². The average molecular weight is 300 g/mol. The van der Waals surface area contributed by atoms with E-state index in [4.69, 9.17) is 5.11 Å². The van der Waals surface area contributed by atoms with Gasteiger partial charge in [0, 0.05) is 17.7 Å². The highest BCUT2D eigenvalue weighted by Crippen LogP contribution is 2.27. The SMILES string of the molecule is O=[N+]([O-])c1ccc(C[S+]2C[C@H]([C@H](O)CO)[C@H](O)C2)cc1. The van der Waals surface area contributed by atoms with Gasteiger partial charge in [-0.1, -0.05) is 0 Å². The standard InChI is InChI=1S/C13H18NO5S/c15-5-12(16)11-7-20(8-13(11)17)6-9-1-3-10(4-2-9)14(18)19/h1-4,11-13,15-17H,5-8H2/q+1/t11-,12-,13-,20?/m1/s1. The summed E-state index contributed by atoms with van der Waals surface area (Å²) in [6.45, 7) is -0.337. The highest BCUT2D eigenvalue weighted by atomic mass is 32.2. The molecule has 20 heavy (non-hydrogen) atoms. The van der Waals surface area contributed by atoms with Crippen molar-refractivity contribution < 1.29 is 20.2 Å². The number of rotatable bonds is 5. The van der Waals surface area contributed by atoms with Crippen LogP contribution in [0.1, 0.15) is 5.56 Å². The van der Waals surface area contributed by atoms with Crippen molar-refractivity contribution in [3.05, 3.63) is 39.9 Å². The summed E-state index contributed by atoms with van der Waals surface area (Å²) in [5.41, 5.74) is 1.06. The van der Waals surface area contributed by atoms with Gasteiger partial charge in [-0.3, -0.25) is 10.1 Å². The van der Waals surface area contributed by atoms with Crippen LogP contribution in [0.15, 0.2) is 24.3 Å². The van der Waals surface area contributed by atoms with Crippen molar-refractivity contribution in [1.82, 2.24) is 0 Å². The van der Waals surface area contributed by atoms with Gasteiger partial charge in [0.25, 0.3) is 5.69 Å². The van der Waals surface area contributed by atoms with Crippen molar-refractivity contribution in [3.63, 3.8) is 0 Å². The highest BCUT2D eigenvalue weighted by molar-refractivity contribution is 7.96. The van der Waals surface area contributed by atoms with E-state index in [0.29, 0.717) is 11.5 Å². The predicted octanol–water partition coefficient (Wildman–Crippen LogP) is 0.0570. The molecule has 0 radical (unpaired) electrons. The first kappa shape index (κ1) is 15.2. The minimum absolute atomic E-state index is 0.0668. The van der Waals surface area contributed by atoms with E-state index in [1.54, 1.807) is 12.1 Å². The second kappa shape index (κ2) is 6.53. The fourth-order valence-corrected chi connectivity index (χ4v) is 5.14. The molecule has 6 nitrogen and oxygen atoms in total. The zero-order chi connectivity index (χ0) is 14.7. The van der Waals surface area contributed by atoms with Gasteiger partial charge in [0.1, 0.15) is 23.4 Å². The molecule has 110 valence electrons. The molecule has 0 spiro atoms. The number of nitrogens with zero attached hydrogens (tertiary/aromatic N) is 1. The molecule has 2 rings (SSSR count). The maximum atomic E-state index is 10.6. The van der Waals surface area contributed by atoms with Crippen LogP contribution in [-0.2, 0) is 16.6 Å². The normalized spacial score (nSPS) is 27.4. The summed E-state index contributed by atoms with van der Waals surface area (Å²) in [6.07, 6.45) is -1.46. The number of benzene rings is 1. The topological polar surface area (TPSA) is 104 Å². The second-order valence-electron chi connectivity index (χ2n) is 4.99. The van der Waals surface area contributed by atoms with Crippen LogP contribution in [0.2, 0.25) is 0 Å². The van der Waals surface area contributed by atoms with Crippen molar-refractivity contribution in [2.45, 2.75) is 18.0 Å². The molecule has 0 aromatic heterocycles. The molecule has 1 aromatic carbocycles. The van der Waals surface area contributed by atoms with Gasteiger partial charge in [-0.05, 0) is 23.0 Å². The molecule has 3 N–H and O–H groups in total. The molecule has 1 aromatic rings. The van der Waals surface area contributed by atoms with Crippen LogP contribution in [0.5, 0.6) is 0 Å². The third-order valence-corrected chi connectivity index (χ3v) is 5.94. The number of hydrogen-bond acceptors (Lipinski definition) is 5. The molecule has 1 fully saturated rings. The van der Waals surface area contributed by atoms with Crippen molar-refractivity contribution in [1.29, 1.82) is 0 Å². The van der Waals surface area contributed by atoms with Crippen LogP contribution in [-0.4, -0.2) is 50.6 Å². The Balaban J connectivity index is 1.96. The zero-order valence-electron chi connectivity index (χ0n) is 10.9. The molecule has 0 saturated carbocycles. The Kier molecular flexibility index (Phi) is 4.98. The number of aliphatic hydroxyl groups is 3. The van der Waals surface area contributed by atoms with Crippen molar-refractivity contribution in [2.75, 3.05) is 18.1 Å². The molecule has 7 heteroatoms. The van der Waals surface area contributed by atoms with Gasteiger partial charge in [-0.15, -0.1) is 0 Å². The van der Waals surface area contributed by atoms with Crippen LogP contribution in [0.25, 0.3) is 0 Å². The Hall–Kier alpha value is -1.15. The molecule has 0 amide bonds. The fourth-order valence-electron chi connectivity index (χ4n) is 2.39. The Bertz CT molecular complexity index is 466. The van der Waals surface area contributed by atoms with E-state index >= 15 is 0 Å². The van der Waals surface area contributed by atoms with Gasteiger partial charge in [0.2, 0.25) is 0 Å². The number of hydrogen-bond donors (Lipinski definition) is 3. The summed E-state index contributed by atoms with van der Waals surface area (Å²) < 4.78 is 0. The Morgan fingerprint density at radius 2 is 2.00 bits per heavy atom. The van der Waals surface area contributed by atoms with E-state index < -0.39 is 17.1 Å². The number of nitro groups is 1. The lowest BCUT2D eigenvalue weighted by atomic mass is 10.0. The lowest BCUT2D eigenvalue weighted by Crippen LogP contribution is -2.32. The van der Waals surface area contributed by atoms with Crippen LogP contribution in [0, 0.1) is 16.0 Å². The third-order valence-electron chi connectivity index (χ3n) is 3.53. The summed E-state index contributed by atoms with van der Waals surface area (Å²) in [5.74, 6) is 1.75. The van der Waals surface area contributed by atoms with Gasteiger partial charge >= 0.3 is 0 Å². The Morgan fingerprint density at radius 3 is 2.55 bits per heavy atom. The lowest BCUT2D eigenvalue weighted by Gasteiger charge is -2.15. The van der Waals surface area contributed by atoms with Gasteiger partial charge in [-0.25, -0.2) is 0 Å². The van der Waals surface area contributed by atoms with E-state index in [-0.39, 0.29) is 29.1 Å². The van der Waals surface area contributed by atoms with Crippen molar-refractivity contribution in [2.24, 2.45) is 5.92 Å². The molecule has 0 aliphatic carbocycles. The third kappa shape index (κ3) is 3.49. The summed E-state index contributed by atoms with van der Waals surface area (Å²) in [4.78, 5) is 10.1. The molecular weight excluding hydrogens is 282 g/mol.